The maximum absolute atomic E-state index is 12.7. The number of nitrogens with two attached hydrogens (primary N) is 1. The zero-order valence-electron chi connectivity index (χ0n) is 14.7. The Kier molecular flexibility index (Phi) is 5.61. The lowest BCUT2D eigenvalue weighted by Gasteiger charge is -2.37. The van der Waals surface area contributed by atoms with E-state index in [4.69, 9.17) is 10.5 Å². The monoisotopic (exact) mass is 331 g/mol. The summed E-state index contributed by atoms with van der Waals surface area (Å²) in [5, 5.41) is 0. The van der Waals surface area contributed by atoms with Crippen LogP contribution in [-0.4, -0.2) is 55.5 Å². The van der Waals surface area contributed by atoms with E-state index in [9.17, 15) is 4.79 Å². The predicted octanol–water partition coefficient (Wildman–Crippen LogP) is 2.62. The molecule has 0 aromatic heterocycles. The van der Waals surface area contributed by atoms with Gasteiger partial charge in [0.2, 0.25) is 0 Å². The van der Waals surface area contributed by atoms with Crippen LogP contribution in [0.4, 0.5) is 5.69 Å². The fourth-order valence-electron chi connectivity index (χ4n) is 3.90. The number of piperazine rings is 1. The third kappa shape index (κ3) is 4.01. The summed E-state index contributed by atoms with van der Waals surface area (Å²) < 4.78 is 5.22. The summed E-state index contributed by atoms with van der Waals surface area (Å²) in [5.41, 5.74) is 7.04. The topological polar surface area (TPSA) is 58.8 Å². The molecule has 0 bridgehead atoms. The highest BCUT2D eigenvalue weighted by Crippen LogP contribution is 2.25. The van der Waals surface area contributed by atoms with E-state index in [1.165, 1.54) is 38.6 Å². The molecule has 5 heteroatoms. The number of anilines is 1. The van der Waals surface area contributed by atoms with Gasteiger partial charge in [-0.25, -0.2) is 0 Å². The van der Waals surface area contributed by atoms with E-state index in [-0.39, 0.29) is 5.91 Å². The molecular weight excluding hydrogens is 302 g/mol. The van der Waals surface area contributed by atoms with Gasteiger partial charge in [-0.05, 0) is 37.0 Å². The lowest BCUT2D eigenvalue weighted by molar-refractivity contribution is 0.0606. The highest BCUT2D eigenvalue weighted by molar-refractivity contribution is 5.95. The molecule has 1 aromatic rings. The SMILES string of the molecule is COc1cc(C(=O)N2CCN(CC3CCCCC3)CC2)ccc1N. The first-order chi connectivity index (χ1) is 11.7. The van der Waals surface area contributed by atoms with E-state index >= 15 is 0 Å². The van der Waals surface area contributed by atoms with Crippen molar-refractivity contribution in [1.82, 2.24) is 9.80 Å². The molecule has 1 amide bonds. The fraction of sp³-hybridized carbons (Fsp3) is 0.632. The summed E-state index contributed by atoms with van der Waals surface area (Å²) in [7, 11) is 1.57. The molecule has 0 radical (unpaired) electrons. The number of benzene rings is 1. The van der Waals surface area contributed by atoms with Gasteiger partial charge in [-0.1, -0.05) is 19.3 Å². The van der Waals surface area contributed by atoms with Crippen molar-refractivity contribution in [1.29, 1.82) is 0 Å². The van der Waals surface area contributed by atoms with E-state index < -0.39 is 0 Å². The van der Waals surface area contributed by atoms with Gasteiger partial charge in [0.15, 0.2) is 0 Å². The van der Waals surface area contributed by atoms with E-state index in [2.05, 4.69) is 4.90 Å². The van der Waals surface area contributed by atoms with Crippen LogP contribution in [0.2, 0.25) is 0 Å². The van der Waals surface area contributed by atoms with Gasteiger partial charge in [-0.3, -0.25) is 9.69 Å². The number of rotatable bonds is 4. The minimum Gasteiger partial charge on any atom is -0.495 e. The predicted molar refractivity (Wildman–Crippen MR) is 96.3 cm³/mol. The minimum absolute atomic E-state index is 0.0746. The van der Waals surface area contributed by atoms with Crippen LogP contribution in [-0.2, 0) is 0 Å². The molecule has 1 heterocycles. The highest BCUT2D eigenvalue weighted by Gasteiger charge is 2.24. The summed E-state index contributed by atoms with van der Waals surface area (Å²) >= 11 is 0. The second kappa shape index (κ2) is 7.88. The normalized spacial score (nSPS) is 20.1. The van der Waals surface area contributed by atoms with Gasteiger partial charge in [0, 0.05) is 38.3 Å². The van der Waals surface area contributed by atoms with Crippen molar-refractivity contribution in [2.24, 2.45) is 5.92 Å². The fourth-order valence-corrected chi connectivity index (χ4v) is 3.90. The Bertz CT molecular complexity index is 562. The molecule has 1 saturated carbocycles. The van der Waals surface area contributed by atoms with Crippen molar-refractivity contribution in [2.75, 3.05) is 45.6 Å². The quantitative estimate of drug-likeness (QED) is 0.862. The first-order valence-corrected chi connectivity index (χ1v) is 9.12. The third-order valence-corrected chi connectivity index (χ3v) is 5.38. The first-order valence-electron chi connectivity index (χ1n) is 9.12. The van der Waals surface area contributed by atoms with Crippen LogP contribution in [0, 0.1) is 5.92 Å². The number of nitrogen functional groups attached to an aromatic ring is 1. The first kappa shape index (κ1) is 17.1. The van der Waals surface area contributed by atoms with Crippen molar-refractivity contribution in [3.05, 3.63) is 23.8 Å². The van der Waals surface area contributed by atoms with Crippen LogP contribution in [0.5, 0.6) is 5.75 Å². The van der Waals surface area contributed by atoms with Crippen LogP contribution < -0.4 is 10.5 Å². The molecule has 1 aliphatic carbocycles. The molecule has 5 nitrogen and oxygen atoms in total. The van der Waals surface area contributed by atoms with Crippen LogP contribution in [0.15, 0.2) is 18.2 Å². The second-order valence-electron chi connectivity index (χ2n) is 7.05. The Morgan fingerprint density at radius 1 is 1.17 bits per heavy atom. The van der Waals surface area contributed by atoms with Gasteiger partial charge in [-0.2, -0.15) is 0 Å². The molecule has 1 aromatic carbocycles. The van der Waals surface area contributed by atoms with E-state index in [1.54, 1.807) is 25.3 Å². The lowest BCUT2D eigenvalue weighted by Crippen LogP contribution is -2.49. The smallest absolute Gasteiger partial charge is 0.254 e. The number of carbonyl (C=O) groups excluding carboxylic acids is 1. The minimum atomic E-state index is 0.0746. The van der Waals surface area contributed by atoms with Gasteiger partial charge >= 0.3 is 0 Å². The number of hydrogen-bond donors (Lipinski definition) is 1. The van der Waals surface area contributed by atoms with Gasteiger partial charge in [0.05, 0.1) is 12.8 Å². The lowest BCUT2D eigenvalue weighted by atomic mass is 9.89. The van der Waals surface area contributed by atoms with Gasteiger partial charge in [0.25, 0.3) is 5.91 Å². The highest BCUT2D eigenvalue weighted by atomic mass is 16.5. The summed E-state index contributed by atoms with van der Waals surface area (Å²) in [6, 6.07) is 5.27. The van der Waals surface area contributed by atoms with E-state index in [0.717, 1.165) is 32.1 Å². The Morgan fingerprint density at radius 3 is 2.54 bits per heavy atom. The molecule has 24 heavy (non-hydrogen) atoms. The molecule has 2 aliphatic rings. The van der Waals surface area contributed by atoms with Crippen molar-refractivity contribution < 1.29 is 9.53 Å². The maximum Gasteiger partial charge on any atom is 0.254 e. The van der Waals surface area contributed by atoms with Crippen molar-refractivity contribution in [2.45, 2.75) is 32.1 Å². The zero-order chi connectivity index (χ0) is 16.9. The number of carbonyl (C=O) groups is 1. The second-order valence-corrected chi connectivity index (χ2v) is 7.05. The molecule has 1 saturated heterocycles. The Balaban J connectivity index is 1.53. The molecular formula is C19H29N3O2. The summed E-state index contributed by atoms with van der Waals surface area (Å²) in [5.74, 6) is 1.50. The average molecular weight is 331 g/mol. The number of amides is 1. The Morgan fingerprint density at radius 2 is 1.88 bits per heavy atom. The molecule has 0 spiro atoms. The van der Waals surface area contributed by atoms with Gasteiger partial charge in [0.1, 0.15) is 5.75 Å². The molecule has 132 valence electrons. The molecule has 0 unspecified atom stereocenters. The van der Waals surface area contributed by atoms with Crippen LogP contribution >= 0.6 is 0 Å². The average Bonchev–Trinajstić information content (AvgIpc) is 2.63. The van der Waals surface area contributed by atoms with E-state index in [1.807, 2.05) is 4.90 Å². The van der Waals surface area contributed by atoms with Crippen LogP contribution in [0.25, 0.3) is 0 Å². The van der Waals surface area contributed by atoms with Gasteiger partial charge < -0.3 is 15.4 Å². The summed E-state index contributed by atoms with van der Waals surface area (Å²) in [6.07, 6.45) is 6.95. The number of nitrogens with zero attached hydrogens (tertiary/aromatic N) is 2. The molecule has 3 rings (SSSR count). The zero-order valence-corrected chi connectivity index (χ0v) is 14.7. The van der Waals surface area contributed by atoms with Crippen LogP contribution in [0.1, 0.15) is 42.5 Å². The van der Waals surface area contributed by atoms with Gasteiger partial charge in [-0.15, -0.1) is 0 Å². The Labute approximate surface area is 144 Å². The largest absolute Gasteiger partial charge is 0.495 e. The standard InChI is InChI=1S/C19H29N3O2/c1-24-18-13-16(7-8-17(18)20)19(23)22-11-9-21(10-12-22)14-15-5-3-2-4-6-15/h7-8,13,15H,2-6,9-12,14,20H2,1H3. The number of ether oxygens (including phenoxy) is 1. The van der Waals surface area contributed by atoms with Crippen LogP contribution in [0.3, 0.4) is 0 Å². The van der Waals surface area contributed by atoms with Crippen molar-refractivity contribution in [3.63, 3.8) is 0 Å². The summed E-state index contributed by atoms with van der Waals surface area (Å²) in [4.78, 5) is 17.2. The number of hydrogen-bond acceptors (Lipinski definition) is 4. The van der Waals surface area contributed by atoms with Crippen molar-refractivity contribution in [3.8, 4) is 5.75 Å². The van der Waals surface area contributed by atoms with Crippen molar-refractivity contribution >= 4 is 11.6 Å². The molecule has 2 N–H and O–H groups in total. The molecule has 1 aliphatic heterocycles. The van der Waals surface area contributed by atoms with E-state index in [0.29, 0.717) is 17.0 Å². The molecule has 0 atom stereocenters. The molecule has 2 fully saturated rings. The maximum atomic E-state index is 12.7. The Hall–Kier alpha value is -1.75. The summed E-state index contributed by atoms with van der Waals surface area (Å²) in [6.45, 7) is 4.77. The third-order valence-electron chi connectivity index (χ3n) is 5.38. The number of methoxy groups -OCH3 is 1.